The van der Waals surface area contributed by atoms with Gasteiger partial charge in [-0.05, 0) is 137 Å². The van der Waals surface area contributed by atoms with Crippen molar-refractivity contribution in [3.05, 3.63) is 156 Å². The third-order valence-electron chi connectivity index (χ3n) is 10.5. The van der Waals surface area contributed by atoms with E-state index in [0.29, 0.717) is 0 Å². The Bertz CT molecular complexity index is 2350. The Morgan fingerprint density at radius 3 is 1.11 bits per heavy atom. The van der Waals surface area contributed by atoms with Gasteiger partial charge in [-0.2, -0.15) is 0 Å². The van der Waals surface area contributed by atoms with Crippen LogP contribution in [0, 0.1) is 13.8 Å². The molecule has 0 aliphatic heterocycles. The van der Waals surface area contributed by atoms with Crippen LogP contribution < -0.4 is 0 Å². The predicted octanol–water partition coefficient (Wildman–Crippen LogP) is 12.6. The Morgan fingerprint density at radius 1 is 0.333 bits per heavy atom. The molecule has 0 nitrogen and oxygen atoms in total. The predicted molar refractivity (Wildman–Crippen MR) is 194 cm³/mol. The van der Waals surface area contributed by atoms with E-state index in [0.717, 1.165) is 0 Å². The second-order valence-corrected chi connectivity index (χ2v) is 13.4. The molecule has 0 fully saturated rings. The lowest BCUT2D eigenvalue weighted by Gasteiger charge is -2.24. The smallest absolute Gasteiger partial charge is 0.0159 e. The quantitative estimate of drug-likeness (QED) is 0.180. The summed E-state index contributed by atoms with van der Waals surface area (Å²) in [6.07, 6.45) is 0. The van der Waals surface area contributed by atoms with Crippen LogP contribution in [0.25, 0.3) is 76.5 Å². The van der Waals surface area contributed by atoms with Crippen LogP contribution in [0.3, 0.4) is 0 Å². The van der Waals surface area contributed by atoms with E-state index in [9.17, 15) is 0 Å². The Kier molecular flexibility index (Phi) is 5.48. The van der Waals surface area contributed by atoms with E-state index in [2.05, 4.69) is 161 Å². The maximum absolute atomic E-state index is 2.50. The van der Waals surface area contributed by atoms with Gasteiger partial charge in [0, 0.05) is 5.41 Å². The minimum absolute atomic E-state index is 0.130. The standard InChI is InChI=1S/C45H34/c1-27-21-41-42-22-28(2)38(40-24-30-14-6-8-16-32(30)34-18-10-12-20-36(34)40)26-44(42)45(3,4)43(41)25-37(27)39-23-29-13-5-7-15-31(29)33-17-9-11-19-35(33)39/h5-26H,1-4H3. The van der Waals surface area contributed by atoms with E-state index in [4.69, 9.17) is 0 Å². The molecule has 1 aliphatic carbocycles. The van der Waals surface area contributed by atoms with Crippen molar-refractivity contribution in [3.8, 4) is 33.4 Å². The largest absolute Gasteiger partial charge is 0.0616 e. The van der Waals surface area contributed by atoms with Crippen molar-refractivity contribution in [1.29, 1.82) is 0 Å². The van der Waals surface area contributed by atoms with Gasteiger partial charge in [0.15, 0.2) is 0 Å². The van der Waals surface area contributed by atoms with Crippen molar-refractivity contribution in [1.82, 2.24) is 0 Å². The Hall–Kier alpha value is -5.20. The lowest BCUT2D eigenvalue weighted by Crippen LogP contribution is -2.15. The van der Waals surface area contributed by atoms with Gasteiger partial charge < -0.3 is 0 Å². The molecule has 0 saturated carbocycles. The zero-order chi connectivity index (χ0) is 30.4. The maximum Gasteiger partial charge on any atom is 0.0159 e. The van der Waals surface area contributed by atoms with Crippen LogP contribution in [0.2, 0.25) is 0 Å². The topological polar surface area (TPSA) is 0 Å². The van der Waals surface area contributed by atoms with E-state index in [-0.39, 0.29) is 5.41 Å². The van der Waals surface area contributed by atoms with E-state index < -0.39 is 0 Å². The molecule has 0 spiro atoms. The molecule has 0 radical (unpaired) electrons. The molecule has 0 N–H and O–H groups in total. The van der Waals surface area contributed by atoms with Gasteiger partial charge in [-0.3, -0.25) is 0 Å². The molecule has 214 valence electrons. The van der Waals surface area contributed by atoms with Gasteiger partial charge in [0.25, 0.3) is 0 Å². The molecule has 45 heavy (non-hydrogen) atoms. The minimum atomic E-state index is -0.130. The van der Waals surface area contributed by atoms with Crippen LogP contribution in [0.4, 0.5) is 0 Å². The molecule has 0 bridgehead atoms. The first kappa shape index (κ1) is 26.2. The summed E-state index contributed by atoms with van der Waals surface area (Å²) in [6, 6.07) is 50.0. The van der Waals surface area contributed by atoms with Gasteiger partial charge >= 0.3 is 0 Å². The van der Waals surface area contributed by atoms with E-state index >= 15 is 0 Å². The SMILES string of the molecule is Cc1cc2c(cc1-c1cc3ccccc3c3ccccc13)C(C)(C)c1cc(-c3cc4ccccc4c4ccccc34)c(C)cc1-2. The van der Waals surface area contributed by atoms with Crippen LogP contribution in [-0.2, 0) is 5.41 Å². The Morgan fingerprint density at radius 2 is 0.689 bits per heavy atom. The van der Waals surface area contributed by atoms with Crippen molar-refractivity contribution in [3.63, 3.8) is 0 Å². The second-order valence-electron chi connectivity index (χ2n) is 13.4. The summed E-state index contributed by atoms with van der Waals surface area (Å²) < 4.78 is 0. The highest BCUT2D eigenvalue weighted by atomic mass is 14.4. The van der Waals surface area contributed by atoms with E-state index in [1.165, 1.54) is 98.7 Å². The number of hydrogen-bond donors (Lipinski definition) is 0. The lowest BCUT2D eigenvalue weighted by molar-refractivity contribution is 0.660. The molecule has 0 aromatic heterocycles. The normalized spacial score (nSPS) is 13.5. The highest BCUT2D eigenvalue weighted by Crippen LogP contribution is 2.53. The van der Waals surface area contributed by atoms with Crippen molar-refractivity contribution in [2.24, 2.45) is 0 Å². The fraction of sp³-hybridized carbons (Fsp3) is 0.111. The maximum atomic E-state index is 2.50. The monoisotopic (exact) mass is 574 g/mol. The fourth-order valence-electron chi connectivity index (χ4n) is 8.18. The third kappa shape index (κ3) is 3.72. The summed E-state index contributed by atoms with van der Waals surface area (Å²) >= 11 is 0. The van der Waals surface area contributed by atoms with Crippen molar-refractivity contribution >= 4 is 43.1 Å². The molecule has 0 heterocycles. The average molecular weight is 575 g/mol. The van der Waals surface area contributed by atoms with Crippen molar-refractivity contribution in [2.75, 3.05) is 0 Å². The number of rotatable bonds is 2. The minimum Gasteiger partial charge on any atom is -0.0616 e. The van der Waals surface area contributed by atoms with Gasteiger partial charge in [-0.1, -0.05) is 123 Å². The van der Waals surface area contributed by atoms with Gasteiger partial charge in [-0.25, -0.2) is 0 Å². The molecular formula is C45H34. The molecule has 9 rings (SSSR count). The van der Waals surface area contributed by atoms with E-state index in [1.54, 1.807) is 0 Å². The summed E-state index contributed by atoms with van der Waals surface area (Å²) in [5, 5.41) is 10.5. The van der Waals surface area contributed by atoms with Crippen LogP contribution in [-0.4, -0.2) is 0 Å². The van der Waals surface area contributed by atoms with E-state index in [1.807, 2.05) is 0 Å². The van der Waals surface area contributed by atoms with Gasteiger partial charge in [0.1, 0.15) is 0 Å². The van der Waals surface area contributed by atoms with Crippen molar-refractivity contribution < 1.29 is 0 Å². The summed E-state index contributed by atoms with van der Waals surface area (Å²) in [5.74, 6) is 0. The lowest BCUT2D eigenvalue weighted by atomic mass is 9.79. The summed E-state index contributed by atoms with van der Waals surface area (Å²) in [6.45, 7) is 9.39. The average Bonchev–Trinajstić information content (AvgIpc) is 3.27. The molecule has 0 heteroatoms. The number of aryl methyl sites for hydroxylation is 2. The molecule has 0 saturated heterocycles. The number of fused-ring (bicyclic) bond motifs is 9. The molecule has 0 amide bonds. The number of benzene rings is 8. The zero-order valence-corrected chi connectivity index (χ0v) is 26.2. The first-order chi connectivity index (χ1) is 21.9. The third-order valence-corrected chi connectivity index (χ3v) is 10.5. The van der Waals surface area contributed by atoms with Crippen LogP contribution in [0.15, 0.2) is 133 Å². The van der Waals surface area contributed by atoms with Crippen molar-refractivity contribution in [2.45, 2.75) is 33.1 Å². The fourth-order valence-corrected chi connectivity index (χ4v) is 8.18. The Labute approximate surface area is 264 Å². The second kappa shape index (κ2) is 9.40. The molecule has 1 aliphatic rings. The van der Waals surface area contributed by atoms with Gasteiger partial charge in [-0.15, -0.1) is 0 Å². The molecule has 8 aromatic carbocycles. The molecular weight excluding hydrogens is 540 g/mol. The zero-order valence-electron chi connectivity index (χ0n) is 26.2. The summed E-state index contributed by atoms with van der Waals surface area (Å²) in [5.41, 5.74) is 13.4. The number of hydrogen-bond acceptors (Lipinski definition) is 0. The van der Waals surface area contributed by atoms with Crippen LogP contribution in [0.1, 0.15) is 36.1 Å². The van der Waals surface area contributed by atoms with Crippen LogP contribution >= 0.6 is 0 Å². The van der Waals surface area contributed by atoms with Crippen LogP contribution in [0.5, 0.6) is 0 Å². The highest BCUT2D eigenvalue weighted by molar-refractivity contribution is 6.15. The Balaban J connectivity index is 1.26. The summed E-state index contributed by atoms with van der Waals surface area (Å²) in [7, 11) is 0. The first-order valence-electron chi connectivity index (χ1n) is 16.0. The molecule has 0 atom stereocenters. The molecule has 0 unspecified atom stereocenters. The highest BCUT2D eigenvalue weighted by Gasteiger charge is 2.37. The summed E-state index contributed by atoms with van der Waals surface area (Å²) in [4.78, 5) is 0. The van der Waals surface area contributed by atoms with Gasteiger partial charge in [0.05, 0.1) is 0 Å². The first-order valence-corrected chi connectivity index (χ1v) is 16.0. The molecule has 8 aromatic rings. The van der Waals surface area contributed by atoms with Gasteiger partial charge in [0.2, 0.25) is 0 Å².